The van der Waals surface area contributed by atoms with Crippen LogP contribution in [-0.2, 0) is 24.7 Å². The van der Waals surface area contributed by atoms with Crippen molar-refractivity contribution in [2.24, 2.45) is 0 Å². The predicted octanol–water partition coefficient (Wildman–Crippen LogP) is 0.307. The van der Waals surface area contributed by atoms with Crippen LogP contribution in [0.2, 0.25) is 0 Å². The summed E-state index contributed by atoms with van der Waals surface area (Å²) in [5.41, 5.74) is 0.730. The van der Waals surface area contributed by atoms with Gasteiger partial charge in [0, 0.05) is 50.9 Å². The molecule has 0 bridgehead atoms. The van der Waals surface area contributed by atoms with Crippen molar-refractivity contribution in [3.8, 4) is 0 Å². The number of sulfone groups is 1. The van der Waals surface area contributed by atoms with Crippen LogP contribution in [-0.4, -0.2) is 82.2 Å². The highest BCUT2D eigenvalue weighted by Gasteiger charge is 2.36. The summed E-state index contributed by atoms with van der Waals surface area (Å²) in [4.78, 5) is 15.8. The maximum absolute atomic E-state index is 12.9. The number of hydrogen-bond acceptors (Lipinski definition) is 6. The van der Waals surface area contributed by atoms with Gasteiger partial charge in [0.05, 0.1) is 16.4 Å². The average Bonchev–Trinajstić information content (AvgIpc) is 3.27. The van der Waals surface area contributed by atoms with Gasteiger partial charge in [0.15, 0.2) is 9.84 Å². The Hall–Kier alpha value is -1.49. The fraction of sp³-hybridized carbons (Fsp3) is 0.611. The first-order chi connectivity index (χ1) is 13.3. The van der Waals surface area contributed by atoms with Gasteiger partial charge < -0.3 is 4.90 Å². The number of amides is 1. The van der Waals surface area contributed by atoms with E-state index >= 15 is 0 Å². The summed E-state index contributed by atoms with van der Waals surface area (Å²) in [5.74, 6) is 0.471. The Bertz CT molecular complexity index is 951. The Morgan fingerprint density at radius 2 is 1.64 bits per heavy atom. The van der Waals surface area contributed by atoms with Crippen molar-refractivity contribution in [1.29, 1.82) is 0 Å². The number of rotatable bonds is 4. The van der Waals surface area contributed by atoms with Crippen LogP contribution in [0.4, 0.5) is 5.69 Å². The highest BCUT2D eigenvalue weighted by Crippen LogP contribution is 2.26. The summed E-state index contributed by atoms with van der Waals surface area (Å²) in [7, 11) is -6.55. The molecule has 0 aromatic heterocycles. The van der Waals surface area contributed by atoms with Crippen LogP contribution in [0.5, 0.6) is 0 Å². The van der Waals surface area contributed by atoms with Crippen molar-refractivity contribution >= 4 is 31.5 Å². The molecule has 3 heterocycles. The minimum atomic E-state index is -3.60. The molecule has 1 amide bonds. The van der Waals surface area contributed by atoms with E-state index in [1.807, 2.05) is 0 Å². The maximum Gasteiger partial charge on any atom is 0.243 e. The van der Waals surface area contributed by atoms with E-state index in [2.05, 4.69) is 4.90 Å². The lowest BCUT2D eigenvalue weighted by molar-refractivity contribution is -0.117. The molecule has 0 spiro atoms. The van der Waals surface area contributed by atoms with E-state index < -0.39 is 19.9 Å². The number of hydrogen-bond donors (Lipinski definition) is 0. The van der Waals surface area contributed by atoms with Crippen molar-refractivity contribution in [3.05, 3.63) is 24.3 Å². The fourth-order valence-corrected chi connectivity index (χ4v) is 7.42. The molecule has 0 N–H and O–H groups in total. The molecule has 1 atom stereocenters. The lowest BCUT2D eigenvalue weighted by Crippen LogP contribution is -2.52. The molecule has 0 unspecified atom stereocenters. The molecule has 8 nitrogen and oxygen atoms in total. The quantitative estimate of drug-likeness (QED) is 0.686. The monoisotopic (exact) mass is 427 g/mol. The van der Waals surface area contributed by atoms with Gasteiger partial charge in [-0.2, -0.15) is 4.31 Å². The normalized spacial score (nSPS) is 26.8. The van der Waals surface area contributed by atoms with Crippen LogP contribution >= 0.6 is 0 Å². The molecule has 3 saturated heterocycles. The third-order valence-electron chi connectivity index (χ3n) is 5.86. The summed E-state index contributed by atoms with van der Waals surface area (Å²) in [6.07, 6.45) is 1.99. The second kappa shape index (κ2) is 7.40. The van der Waals surface area contributed by atoms with Crippen molar-refractivity contribution < 1.29 is 21.6 Å². The van der Waals surface area contributed by atoms with Gasteiger partial charge in [-0.1, -0.05) is 0 Å². The molecular weight excluding hydrogens is 402 g/mol. The minimum Gasteiger partial charge on any atom is -0.312 e. The fourth-order valence-electron chi connectivity index (χ4n) is 4.24. The second-order valence-corrected chi connectivity index (χ2v) is 11.8. The Labute approximate surface area is 166 Å². The molecule has 0 saturated carbocycles. The van der Waals surface area contributed by atoms with E-state index in [0.717, 1.165) is 12.1 Å². The molecular formula is C18H25N3O5S2. The van der Waals surface area contributed by atoms with Crippen molar-refractivity contribution in [3.63, 3.8) is 0 Å². The molecule has 3 fully saturated rings. The lowest BCUT2D eigenvalue weighted by Gasteiger charge is -2.37. The molecule has 0 aliphatic carbocycles. The minimum absolute atomic E-state index is 0.00661. The second-order valence-electron chi connectivity index (χ2n) is 7.64. The van der Waals surface area contributed by atoms with E-state index in [1.54, 1.807) is 29.2 Å². The molecule has 1 aromatic rings. The smallest absolute Gasteiger partial charge is 0.243 e. The van der Waals surface area contributed by atoms with Gasteiger partial charge in [-0.05, 0) is 37.1 Å². The Morgan fingerprint density at radius 3 is 2.18 bits per heavy atom. The van der Waals surface area contributed by atoms with E-state index in [0.29, 0.717) is 45.6 Å². The Balaban J connectivity index is 1.41. The number of carbonyl (C=O) groups is 1. The van der Waals surface area contributed by atoms with Crippen molar-refractivity contribution in [2.45, 2.75) is 30.2 Å². The van der Waals surface area contributed by atoms with Gasteiger partial charge in [-0.3, -0.25) is 9.69 Å². The molecule has 3 aliphatic heterocycles. The number of carbonyl (C=O) groups excluding carboxylic acids is 1. The first-order valence-electron chi connectivity index (χ1n) is 9.61. The number of sulfonamides is 1. The highest BCUT2D eigenvalue weighted by molar-refractivity contribution is 7.91. The van der Waals surface area contributed by atoms with Crippen LogP contribution in [0, 0.1) is 0 Å². The third-order valence-corrected chi connectivity index (χ3v) is 9.52. The van der Waals surface area contributed by atoms with Gasteiger partial charge in [0.25, 0.3) is 0 Å². The van der Waals surface area contributed by atoms with E-state index in [4.69, 9.17) is 0 Å². The molecule has 28 heavy (non-hydrogen) atoms. The van der Waals surface area contributed by atoms with Crippen LogP contribution < -0.4 is 4.90 Å². The van der Waals surface area contributed by atoms with Gasteiger partial charge in [0.2, 0.25) is 15.9 Å². The van der Waals surface area contributed by atoms with Gasteiger partial charge >= 0.3 is 0 Å². The number of benzene rings is 1. The number of nitrogens with zero attached hydrogens (tertiary/aromatic N) is 3. The zero-order chi connectivity index (χ0) is 19.9. The molecule has 3 aliphatic rings. The van der Waals surface area contributed by atoms with E-state index in [9.17, 15) is 21.6 Å². The molecule has 4 rings (SSSR count). The maximum atomic E-state index is 12.9. The number of anilines is 1. The largest absolute Gasteiger partial charge is 0.312 e. The van der Waals surface area contributed by atoms with Gasteiger partial charge in [0.1, 0.15) is 0 Å². The van der Waals surface area contributed by atoms with E-state index in [-0.39, 0.29) is 28.4 Å². The van der Waals surface area contributed by atoms with Gasteiger partial charge in [-0.25, -0.2) is 16.8 Å². The van der Waals surface area contributed by atoms with Crippen molar-refractivity contribution in [2.75, 3.05) is 49.1 Å². The van der Waals surface area contributed by atoms with Crippen LogP contribution in [0.1, 0.15) is 19.3 Å². The summed E-state index contributed by atoms with van der Waals surface area (Å²) in [6.45, 7) is 2.46. The van der Waals surface area contributed by atoms with Crippen molar-refractivity contribution in [1.82, 2.24) is 9.21 Å². The average molecular weight is 428 g/mol. The first kappa shape index (κ1) is 19.8. The third kappa shape index (κ3) is 3.83. The van der Waals surface area contributed by atoms with Crippen LogP contribution in [0.3, 0.4) is 0 Å². The topological polar surface area (TPSA) is 95.1 Å². The first-order valence-corrected chi connectivity index (χ1v) is 12.9. The zero-order valence-corrected chi connectivity index (χ0v) is 17.3. The SMILES string of the molecule is O=C1CCCN1c1ccc(S(=O)(=O)N2CCN([C@@H]3CCS(=O)(=O)C3)CC2)cc1. The standard InChI is InChI=1S/C18H25N3O5S2/c22-18-2-1-8-21(18)15-3-5-17(6-4-15)28(25,26)20-11-9-19(10-12-20)16-7-13-27(23,24)14-16/h3-6,16H,1-2,7-14H2/t16-/m1/s1. The number of piperazine rings is 1. The summed E-state index contributed by atoms with van der Waals surface area (Å²) >= 11 is 0. The summed E-state index contributed by atoms with van der Waals surface area (Å²) in [5, 5.41) is 0. The zero-order valence-electron chi connectivity index (χ0n) is 15.7. The van der Waals surface area contributed by atoms with E-state index in [1.165, 1.54) is 4.31 Å². The Kier molecular flexibility index (Phi) is 5.24. The Morgan fingerprint density at radius 1 is 0.964 bits per heavy atom. The molecule has 10 heteroatoms. The molecule has 1 aromatic carbocycles. The molecule has 154 valence electrons. The predicted molar refractivity (Wildman–Crippen MR) is 105 cm³/mol. The lowest BCUT2D eigenvalue weighted by atomic mass is 10.2. The van der Waals surface area contributed by atoms with Crippen LogP contribution in [0.25, 0.3) is 0 Å². The van der Waals surface area contributed by atoms with Gasteiger partial charge in [-0.15, -0.1) is 0 Å². The summed E-state index contributed by atoms with van der Waals surface area (Å²) in [6, 6.07) is 6.51. The van der Waals surface area contributed by atoms with Crippen LogP contribution in [0.15, 0.2) is 29.2 Å². The highest BCUT2D eigenvalue weighted by atomic mass is 32.2. The molecule has 0 radical (unpaired) electrons. The summed E-state index contributed by atoms with van der Waals surface area (Å²) < 4.78 is 50.7.